The molecule has 4 heteroatoms. The smallest absolute Gasteiger partial charge is 0.348 e. The molecule has 0 saturated heterocycles. The lowest BCUT2D eigenvalue weighted by Gasteiger charge is -2.02. The molecule has 0 aromatic heterocycles. The molecule has 0 saturated carbocycles. The number of hydrogen-bond acceptors (Lipinski definition) is 4. The number of methoxy groups -OCH3 is 2. The topological polar surface area (TPSA) is 47.9 Å². The molecule has 0 atom stereocenters. The number of hydrogen-bond donors (Lipinski definition) is 0. The average Bonchev–Trinajstić information content (AvgIpc) is 2.56. The van der Waals surface area contributed by atoms with Crippen molar-refractivity contribution in [2.45, 2.75) is 0 Å². The van der Waals surface area contributed by atoms with Crippen molar-refractivity contribution in [2.75, 3.05) is 14.2 Å². The number of aliphatic imine (C=N–C) groups is 1. The summed E-state index contributed by atoms with van der Waals surface area (Å²) in [6, 6.07) is 16.3. The third-order valence-corrected chi connectivity index (χ3v) is 2.82. The lowest BCUT2D eigenvalue weighted by molar-refractivity contribution is -0.133. The number of carbonyl (C=O) groups is 1. The Morgan fingerprint density at radius 1 is 1.00 bits per heavy atom. The molecule has 0 unspecified atom stereocenters. The van der Waals surface area contributed by atoms with Crippen LogP contribution in [0.1, 0.15) is 5.56 Å². The summed E-state index contributed by atoms with van der Waals surface area (Å²) in [5, 5.41) is 0. The quantitative estimate of drug-likeness (QED) is 0.491. The molecule has 0 aliphatic rings. The van der Waals surface area contributed by atoms with E-state index >= 15 is 0 Å². The van der Waals surface area contributed by atoms with Crippen LogP contribution in [0.15, 0.2) is 59.6 Å². The van der Waals surface area contributed by atoms with Gasteiger partial charge in [-0.2, -0.15) is 0 Å². The van der Waals surface area contributed by atoms with E-state index in [4.69, 9.17) is 9.47 Å². The van der Waals surface area contributed by atoms with Crippen molar-refractivity contribution in [1.29, 1.82) is 0 Å². The van der Waals surface area contributed by atoms with Crippen LogP contribution < -0.4 is 4.74 Å². The van der Waals surface area contributed by atoms with E-state index in [1.807, 2.05) is 30.3 Å². The summed E-state index contributed by atoms with van der Waals surface area (Å²) in [5.41, 5.74) is 1.67. The van der Waals surface area contributed by atoms with Gasteiger partial charge in [0, 0.05) is 5.87 Å². The number of esters is 1. The molecule has 2 aromatic rings. The molecule has 0 fully saturated rings. The molecule has 0 aliphatic heterocycles. The highest BCUT2D eigenvalue weighted by atomic mass is 16.5. The van der Waals surface area contributed by atoms with Crippen molar-refractivity contribution in [1.82, 2.24) is 0 Å². The van der Waals surface area contributed by atoms with Gasteiger partial charge < -0.3 is 9.47 Å². The predicted octanol–water partition coefficient (Wildman–Crippen LogP) is 3.25. The average molecular weight is 281 g/mol. The summed E-state index contributed by atoms with van der Waals surface area (Å²) < 4.78 is 9.85. The van der Waals surface area contributed by atoms with Gasteiger partial charge in [0.1, 0.15) is 11.3 Å². The summed E-state index contributed by atoms with van der Waals surface area (Å²) in [6.45, 7) is 0. The Morgan fingerprint density at radius 3 is 2.24 bits per heavy atom. The van der Waals surface area contributed by atoms with Gasteiger partial charge in [0.25, 0.3) is 0 Å². The number of rotatable bonds is 4. The van der Waals surface area contributed by atoms with Gasteiger partial charge in [-0.05, 0) is 29.8 Å². The van der Waals surface area contributed by atoms with Crippen LogP contribution in [0.4, 0.5) is 5.69 Å². The summed E-state index contributed by atoms with van der Waals surface area (Å²) in [6.07, 6.45) is 0. The van der Waals surface area contributed by atoms with Crippen LogP contribution >= 0.6 is 0 Å². The molecule has 0 radical (unpaired) electrons. The first-order chi connectivity index (χ1) is 10.2. The molecule has 0 bridgehead atoms. The van der Waals surface area contributed by atoms with Crippen molar-refractivity contribution in [2.24, 2.45) is 4.99 Å². The molecule has 0 aliphatic carbocycles. The van der Waals surface area contributed by atoms with E-state index in [0.29, 0.717) is 11.3 Å². The molecule has 21 heavy (non-hydrogen) atoms. The molecule has 106 valence electrons. The van der Waals surface area contributed by atoms with Gasteiger partial charge >= 0.3 is 5.97 Å². The molecule has 4 nitrogen and oxygen atoms in total. The molecule has 0 spiro atoms. The largest absolute Gasteiger partial charge is 0.497 e. The minimum Gasteiger partial charge on any atom is -0.497 e. The Morgan fingerprint density at radius 2 is 1.67 bits per heavy atom. The van der Waals surface area contributed by atoms with Gasteiger partial charge in [0.2, 0.25) is 0 Å². The molecule has 2 aromatic carbocycles. The van der Waals surface area contributed by atoms with Gasteiger partial charge in [-0.25, -0.2) is 9.79 Å². The van der Waals surface area contributed by atoms with Crippen LogP contribution in [0.25, 0.3) is 5.57 Å². The molecular formula is C17H15NO3. The van der Waals surface area contributed by atoms with Crippen molar-refractivity contribution in [3.05, 3.63) is 60.2 Å². The van der Waals surface area contributed by atoms with E-state index in [2.05, 4.69) is 10.9 Å². The minimum absolute atomic E-state index is 0.286. The SMILES string of the molecule is COC(=O)C(=C=Nc1ccc(OC)cc1)c1ccccc1. The summed E-state index contributed by atoms with van der Waals surface area (Å²) in [4.78, 5) is 16.0. The fraction of sp³-hybridized carbons (Fsp3) is 0.118. The first kappa shape index (κ1) is 14.6. The van der Waals surface area contributed by atoms with Crippen molar-refractivity contribution >= 4 is 23.1 Å². The monoisotopic (exact) mass is 281 g/mol. The second kappa shape index (κ2) is 7.08. The Bertz CT molecular complexity index is 669. The zero-order valence-electron chi connectivity index (χ0n) is 11.9. The van der Waals surface area contributed by atoms with Crippen molar-refractivity contribution in [3.63, 3.8) is 0 Å². The van der Waals surface area contributed by atoms with E-state index in [9.17, 15) is 4.79 Å². The second-order valence-corrected chi connectivity index (χ2v) is 4.15. The highest BCUT2D eigenvalue weighted by molar-refractivity contribution is 6.26. The van der Waals surface area contributed by atoms with Crippen LogP contribution in [0, 0.1) is 0 Å². The highest BCUT2D eigenvalue weighted by Gasteiger charge is 2.11. The van der Waals surface area contributed by atoms with Gasteiger partial charge in [-0.15, -0.1) is 0 Å². The van der Waals surface area contributed by atoms with E-state index in [1.165, 1.54) is 7.11 Å². The van der Waals surface area contributed by atoms with Crippen LogP contribution in [0.2, 0.25) is 0 Å². The maximum Gasteiger partial charge on any atom is 0.348 e. The zero-order valence-corrected chi connectivity index (χ0v) is 11.9. The summed E-state index contributed by atoms with van der Waals surface area (Å²) in [5.74, 6) is 3.04. The maximum atomic E-state index is 11.8. The van der Waals surface area contributed by atoms with E-state index in [0.717, 1.165) is 5.75 Å². The van der Waals surface area contributed by atoms with E-state index in [1.54, 1.807) is 31.4 Å². The minimum atomic E-state index is -0.474. The van der Waals surface area contributed by atoms with Gasteiger partial charge in [-0.1, -0.05) is 30.3 Å². The third-order valence-electron chi connectivity index (χ3n) is 2.82. The van der Waals surface area contributed by atoms with Gasteiger partial charge in [0.05, 0.1) is 19.9 Å². The fourth-order valence-corrected chi connectivity index (χ4v) is 1.71. The van der Waals surface area contributed by atoms with Crippen molar-refractivity contribution in [3.8, 4) is 5.75 Å². The third kappa shape index (κ3) is 3.81. The first-order valence-corrected chi connectivity index (χ1v) is 6.36. The Labute approximate surface area is 123 Å². The normalized spacial score (nSPS) is 9.43. The zero-order chi connectivity index (χ0) is 15.1. The molecule has 0 heterocycles. The number of carbonyl (C=O) groups excluding carboxylic acids is 1. The lowest BCUT2D eigenvalue weighted by atomic mass is 10.1. The van der Waals surface area contributed by atoms with Crippen LogP contribution in [0.3, 0.4) is 0 Å². The van der Waals surface area contributed by atoms with Crippen molar-refractivity contribution < 1.29 is 14.3 Å². The maximum absolute atomic E-state index is 11.8. The Hall–Kier alpha value is -2.84. The fourth-order valence-electron chi connectivity index (χ4n) is 1.71. The van der Waals surface area contributed by atoms with Crippen LogP contribution in [0.5, 0.6) is 5.75 Å². The highest BCUT2D eigenvalue weighted by Crippen LogP contribution is 2.18. The second-order valence-electron chi connectivity index (χ2n) is 4.15. The Kier molecular flexibility index (Phi) is 4.91. The summed E-state index contributed by atoms with van der Waals surface area (Å²) >= 11 is 0. The molecule has 0 N–H and O–H groups in total. The molecule has 2 rings (SSSR count). The predicted molar refractivity (Wildman–Crippen MR) is 82.0 cm³/mol. The lowest BCUT2D eigenvalue weighted by Crippen LogP contribution is -2.04. The van der Waals surface area contributed by atoms with Gasteiger partial charge in [-0.3, -0.25) is 0 Å². The number of ether oxygens (including phenoxy) is 2. The molecule has 0 amide bonds. The first-order valence-electron chi connectivity index (χ1n) is 6.36. The van der Waals surface area contributed by atoms with Crippen LogP contribution in [-0.2, 0) is 9.53 Å². The Balaban J connectivity index is 2.39. The standard InChI is InChI=1S/C17H15NO3/c1-20-15-10-8-14(9-11-15)18-12-16(17(19)21-2)13-6-4-3-5-7-13/h3-11H,1-2H3. The van der Waals surface area contributed by atoms with E-state index in [-0.39, 0.29) is 5.57 Å². The van der Waals surface area contributed by atoms with E-state index < -0.39 is 5.97 Å². The van der Waals surface area contributed by atoms with Gasteiger partial charge in [0.15, 0.2) is 0 Å². The molecular weight excluding hydrogens is 266 g/mol. The number of benzene rings is 2. The van der Waals surface area contributed by atoms with Crippen LogP contribution in [-0.4, -0.2) is 26.1 Å². The number of nitrogens with zero attached hydrogens (tertiary/aromatic N) is 1. The summed E-state index contributed by atoms with van der Waals surface area (Å²) in [7, 11) is 2.93.